The Kier molecular flexibility index (Phi) is 7.23. The molecule has 0 aromatic carbocycles. The largest absolute Gasteiger partial charge is 0.343 e. The summed E-state index contributed by atoms with van der Waals surface area (Å²) in [6.07, 6.45) is 4.30. The van der Waals surface area contributed by atoms with Gasteiger partial charge >= 0.3 is 5.69 Å². The summed E-state index contributed by atoms with van der Waals surface area (Å²) in [6, 6.07) is 0.460. The third-order valence-electron chi connectivity index (χ3n) is 3.25. The van der Waals surface area contributed by atoms with Crippen LogP contribution in [0.3, 0.4) is 0 Å². The third-order valence-corrected chi connectivity index (χ3v) is 4.74. The van der Waals surface area contributed by atoms with Gasteiger partial charge in [-0.05, 0) is 26.3 Å². The van der Waals surface area contributed by atoms with Crippen molar-refractivity contribution in [2.24, 2.45) is 0 Å². The Morgan fingerprint density at radius 3 is 2.63 bits per heavy atom. The van der Waals surface area contributed by atoms with Crippen molar-refractivity contribution in [1.29, 1.82) is 0 Å². The molecule has 0 radical (unpaired) electrons. The Labute approximate surface area is 119 Å². The van der Waals surface area contributed by atoms with Crippen molar-refractivity contribution in [3.8, 4) is 0 Å². The molecule has 0 aliphatic heterocycles. The van der Waals surface area contributed by atoms with Crippen LogP contribution in [-0.2, 0) is 6.54 Å². The summed E-state index contributed by atoms with van der Waals surface area (Å²) in [7, 11) is 2.01. The van der Waals surface area contributed by atoms with Gasteiger partial charge in [0.2, 0.25) is 0 Å². The molecule has 5 nitrogen and oxygen atoms in total. The molecule has 1 aromatic rings. The number of nitrogens with one attached hydrogen (secondary N) is 2. The average Bonchev–Trinajstić information content (AvgIpc) is 2.75. The third kappa shape index (κ3) is 4.38. The smallest absolute Gasteiger partial charge is 0.316 e. The van der Waals surface area contributed by atoms with E-state index in [2.05, 4.69) is 36.3 Å². The van der Waals surface area contributed by atoms with E-state index in [1.165, 1.54) is 0 Å². The van der Waals surface area contributed by atoms with Gasteiger partial charge in [0.25, 0.3) is 0 Å². The maximum absolute atomic E-state index is 11.7. The van der Waals surface area contributed by atoms with Crippen LogP contribution in [0.1, 0.15) is 46.5 Å². The SMILES string of the molecule is CCCC(NC)C(CC)Sc1n[nH]c(=O)n1CCC. The van der Waals surface area contributed by atoms with Crippen LogP contribution < -0.4 is 11.0 Å². The Morgan fingerprint density at radius 2 is 2.11 bits per heavy atom. The summed E-state index contributed by atoms with van der Waals surface area (Å²) >= 11 is 1.71. The molecule has 1 aromatic heterocycles. The van der Waals surface area contributed by atoms with Gasteiger partial charge < -0.3 is 5.32 Å². The minimum atomic E-state index is -0.101. The van der Waals surface area contributed by atoms with Crippen LogP contribution in [0.2, 0.25) is 0 Å². The van der Waals surface area contributed by atoms with Crippen LogP contribution in [-0.4, -0.2) is 33.1 Å². The van der Waals surface area contributed by atoms with Crippen molar-refractivity contribution in [2.45, 2.75) is 69.4 Å². The van der Waals surface area contributed by atoms with Crippen LogP contribution in [0.15, 0.2) is 9.95 Å². The lowest BCUT2D eigenvalue weighted by Gasteiger charge is -2.24. The molecule has 1 rings (SSSR count). The van der Waals surface area contributed by atoms with Crippen LogP contribution in [0.25, 0.3) is 0 Å². The number of nitrogens with zero attached hydrogens (tertiary/aromatic N) is 2. The number of H-pyrrole nitrogens is 1. The number of aromatic nitrogens is 3. The van der Waals surface area contributed by atoms with Gasteiger partial charge in [0.05, 0.1) is 0 Å². The lowest BCUT2D eigenvalue weighted by atomic mass is 10.1. The van der Waals surface area contributed by atoms with Gasteiger partial charge in [0.15, 0.2) is 5.16 Å². The van der Waals surface area contributed by atoms with E-state index in [-0.39, 0.29) is 5.69 Å². The van der Waals surface area contributed by atoms with Gasteiger partial charge in [-0.1, -0.05) is 39.0 Å². The molecular formula is C13H26N4OS. The van der Waals surface area contributed by atoms with Crippen molar-refractivity contribution in [3.63, 3.8) is 0 Å². The number of thioether (sulfide) groups is 1. The quantitative estimate of drug-likeness (QED) is 0.683. The summed E-state index contributed by atoms with van der Waals surface area (Å²) in [5, 5.41) is 11.4. The van der Waals surface area contributed by atoms with Crippen molar-refractivity contribution < 1.29 is 0 Å². The van der Waals surface area contributed by atoms with Crippen LogP contribution in [0.4, 0.5) is 0 Å². The summed E-state index contributed by atoms with van der Waals surface area (Å²) in [6.45, 7) is 7.18. The molecule has 1 heterocycles. The van der Waals surface area contributed by atoms with Crippen LogP contribution >= 0.6 is 11.8 Å². The van der Waals surface area contributed by atoms with Crippen molar-refractivity contribution >= 4 is 11.8 Å². The molecule has 19 heavy (non-hydrogen) atoms. The number of hydrogen-bond acceptors (Lipinski definition) is 4. The van der Waals surface area contributed by atoms with Gasteiger partial charge in [-0.2, -0.15) is 0 Å². The Morgan fingerprint density at radius 1 is 1.37 bits per heavy atom. The molecule has 0 bridgehead atoms. The molecular weight excluding hydrogens is 260 g/mol. The van der Waals surface area contributed by atoms with E-state index in [4.69, 9.17) is 0 Å². The molecule has 0 saturated heterocycles. The minimum absolute atomic E-state index is 0.101. The fourth-order valence-electron chi connectivity index (χ4n) is 2.23. The molecule has 0 aliphatic carbocycles. The van der Waals surface area contributed by atoms with E-state index >= 15 is 0 Å². The summed E-state index contributed by atoms with van der Waals surface area (Å²) in [5.74, 6) is 0. The number of hydrogen-bond donors (Lipinski definition) is 2. The predicted octanol–water partition coefficient (Wildman–Crippen LogP) is 2.24. The first kappa shape index (κ1) is 16.3. The summed E-state index contributed by atoms with van der Waals surface area (Å²) < 4.78 is 1.74. The van der Waals surface area contributed by atoms with Gasteiger partial charge in [-0.25, -0.2) is 9.89 Å². The van der Waals surface area contributed by atoms with Gasteiger partial charge in [0.1, 0.15) is 0 Å². The fraction of sp³-hybridized carbons (Fsp3) is 0.846. The molecule has 0 spiro atoms. The van der Waals surface area contributed by atoms with Gasteiger partial charge in [-0.3, -0.25) is 4.57 Å². The van der Waals surface area contributed by atoms with E-state index in [0.717, 1.165) is 37.4 Å². The Bertz CT molecular complexity index is 415. The Hall–Kier alpha value is -0.750. The average molecular weight is 286 g/mol. The molecule has 0 aliphatic rings. The molecule has 6 heteroatoms. The molecule has 0 fully saturated rings. The molecule has 2 N–H and O–H groups in total. The molecule has 0 amide bonds. The second-order valence-electron chi connectivity index (χ2n) is 4.71. The zero-order chi connectivity index (χ0) is 14.3. The zero-order valence-corrected chi connectivity index (χ0v) is 13.2. The first-order valence-electron chi connectivity index (χ1n) is 7.16. The zero-order valence-electron chi connectivity index (χ0n) is 12.4. The van der Waals surface area contributed by atoms with Crippen LogP contribution in [0, 0.1) is 0 Å². The predicted molar refractivity (Wildman–Crippen MR) is 80.8 cm³/mol. The highest BCUT2D eigenvalue weighted by molar-refractivity contribution is 7.99. The monoisotopic (exact) mass is 286 g/mol. The standard InChI is InChI=1S/C13H26N4OS/c1-5-8-10(14-4)11(7-3)19-13-16-15-12(18)17(13)9-6-2/h10-11,14H,5-9H2,1-4H3,(H,15,18). The molecule has 110 valence electrons. The van der Waals surface area contributed by atoms with Gasteiger partial charge in [-0.15, -0.1) is 5.10 Å². The lowest BCUT2D eigenvalue weighted by molar-refractivity contribution is 0.488. The normalized spacial score (nSPS) is 14.5. The highest BCUT2D eigenvalue weighted by atomic mass is 32.2. The molecule has 2 atom stereocenters. The van der Waals surface area contributed by atoms with Crippen molar-refractivity contribution in [3.05, 3.63) is 10.5 Å². The lowest BCUT2D eigenvalue weighted by Crippen LogP contribution is -2.35. The minimum Gasteiger partial charge on any atom is -0.316 e. The van der Waals surface area contributed by atoms with E-state index < -0.39 is 0 Å². The van der Waals surface area contributed by atoms with E-state index in [1.807, 2.05) is 7.05 Å². The van der Waals surface area contributed by atoms with E-state index in [0.29, 0.717) is 11.3 Å². The summed E-state index contributed by atoms with van der Waals surface area (Å²) in [5.41, 5.74) is -0.101. The van der Waals surface area contributed by atoms with E-state index in [9.17, 15) is 4.79 Å². The fourth-order valence-corrected chi connectivity index (χ4v) is 3.50. The maximum Gasteiger partial charge on any atom is 0.343 e. The topological polar surface area (TPSA) is 62.7 Å². The van der Waals surface area contributed by atoms with Crippen LogP contribution in [0.5, 0.6) is 0 Å². The second-order valence-corrected chi connectivity index (χ2v) is 5.92. The van der Waals surface area contributed by atoms with E-state index in [1.54, 1.807) is 16.3 Å². The van der Waals surface area contributed by atoms with Gasteiger partial charge in [0, 0.05) is 17.8 Å². The highest BCUT2D eigenvalue weighted by Crippen LogP contribution is 2.27. The molecule has 2 unspecified atom stereocenters. The van der Waals surface area contributed by atoms with Crippen molar-refractivity contribution in [2.75, 3.05) is 7.05 Å². The number of aromatic amines is 1. The Balaban J connectivity index is 2.82. The van der Waals surface area contributed by atoms with Crippen molar-refractivity contribution in [1.82, 2.24) is 20.1 Å². The first-order chi connectivity index (χ1) is 9.17. The second kappa shape index (κ2) is 8.43. The maximum atomic E-state index is 11.7. The highest BCUT2D eigenvalue weighted by Gasteiger charge is 2.21. The number of rotatable bonds is 9. The molecule has 0 saturated carbocycles. The first-order valence-corrected chi connectivity index (χ1v) is 8.04. The summed E-state index contributed by atoms with van der Waals surface area (Å²) in [4.78, 5) is 11.7.